The molecular weight excluding hydrogens is 254 g/mol. The minimum atomic E-state index is -0.747. The number of hydrogen-bond donors (Lipinski definition) is 1. The highest BCUT2D eigenvalue weighted by atomic mass is 16.5. The number of methoxy groups -OCH3 is 2. The first-order valence-electron chi connectivity index (χ1n) is 6.24. The molecule has 4 nitrogen and oxygen atoms in total. The molecule has 0 radical (unpaired) electrons. The summed E-state index contributed by atoms with van der Waals surface area (Å²) in [5, 5.41) is 10.0. The Kier molecular flexibility index (Phi) is 4.74. The predicted octanol–water partition coefficient (Wildman–Crippen LogP) is 2.85. The zero-order valence-electron chi connectivity index (χ0n) is 11.5. The van der Waals surface area contributed by atoms with E-state index in [-0.39, 0.29) is 0 Å². The fraction of sp³-hybridized carbons (Fsp3) is 0.188. The van der Waals surface area contributed by atoms with Crippen LogP contribution in [0.25, 0.3) is 6.08 Å². The van der Waals surface area contributed by atoms with E-state index in [0.717, 1.165) is 11.3 Å². The van der Waals surface area contributed by atoms with E-state index in [0.29, 0.717) is 11.4 Å². The van der Waals surface area contributed by atoms with Crippen molar-refractivity contribution in [3.63, 3.8) is 0 Å². The minimum absolute atomic E-state index is 0.608. The number of nitrogens with zero attached hydrogens (tertiary/aromatic N) is 1. The quantitative estimate of drug-likeness (QED) is 0.908. The van der Waals surface area contributed by atoms with Gasteiger partial charge in [0.05, 0.1) is 19.9 Å². The zero-order chi connectivity index (χ0) is 14.4. The molecule has 104 valence electrons. The third-order valence-corrected chi connectivity index (χ3v) is 2.89. The van der Waals surface area contributed by atoms with Crippen molar-refractivity contribution >= 4 is 6.08 Å². The van der Waals surface area contributed by atoms with Gasteiger partial charge in [-0.3, -0.25) is 4.98 Å². The molecular formula is C16H17NO3. The summed E-state index contributed by atoms with van der Waals surface area (Å²) in [5.74, 6) is 1.41. The molecule has 0 saturated carbocycles. The summed E-state index contributed by atoms with van der Waals surface area (Å²) >= 11 is 0. The molecule has 1 heterocycles. The second-order valence-corrected chi connectivity index (χ2v) is 4.17. The van der Waals surface area contributed by atoms with Crippen LogP contribution in [0.4, 0.5) is 0 Å². The van der Waals surface area contributed by atoms with Gasteiger partial charge in [0.2, 0.25) is 0 Å². The third-order valence-electron chi connectivity index (χ3n) is 2.89. The van der Waals surface area contributed by atoms with Gasteiger partial charge in [-0.2, -0.15) is 0 Å². The number of ether oxygens (including phenoxy) is 2. The number of hydrogen-bond acceptors (Lipinski definition) is 4. The second kappa shape index (κ2) is 6.73. The summed E-state index contributed by atoms with van der Waals surface area (Å²) in [6.07, 6.45) is 4.38. The maximum absolute atomic E-state index is 10.0. The normalized spacial score (nSPS) is 12.3. The smallest absolute Gasteiger partial charge is 0.129 e. The van der Waals surface area contributed by atoms with Crippen LogP contribution in [0, 0.1) is 0 Å². The molecule has 0 aliphatic carbocycles. The van der Waals surface area contributed by atoms with Gasteiger partial charge in [-0.05, 0) is 30.3 Å². The van der Waals surface area contributed by atoms with E-state index in [4.69, 9.17) is 9.47 Å². The van der Waals surface area contributed by atoms with Crippen LogP contribution in [0.3, 0.4) is 0 Å². The van der Waals surface area contributed by atoms with Crippen molar-refractivity contribution in [3.8, 4) is 11.5 Å². The fourth-order valence-electron chi connectivity index (χ4n) is 1.80. The SMILES string of the molecule is COc1ccc(/C=C/[C@@H](O)c2ccccn2)c(OC)c1. The molecule has 1 aromatic heterocycles. The molecule has 20 heavy (non-hydrogen) atoms. The average Bonchev–Trinajstić information content (AvgIpc) is 2.53. The van der Waals surface area contributed by atoms with Gasteiger partial charge in [-0.25, -0.2) is 0 Å². The van der Waals surface area contributed by atoms with Gasteiger partial charge in [0.1, 0.15) is 17.6 Å². The molecule has 1 atom stereocenters. The first kappa shape index (κ1) is 14.1. The molecule has 0 bridgehead atoms. The van der Waals surface area contributed by atoms with E-state index in [1.165, 1.54) is 0 Å². The molecule has 2 rings (SSSR count). The Balaban J connectivity index is 2.19. The lowest BCUT2D eigenvalue weighted by Crippen LogP contribution is -1.96. The van der Waals surface area contributed by atoms with Crippen molar-refractivity contribution in [1.29, 1.82) is 0 Å². The molecule has 0 spiro atoms. The average molecular weight is 271 g/mol. The molecule has 0 amide bonds. The minimum Gasteiger partial charge on any atom is -0.497 e. The van der Waals surface area contributed by atoms with Crippen molar-refractivity contribution in [2.24, 2.45) is 0 Å². The van der Waals surface area contributed by atoms with Gasteiger partial charge in [0.25, 0.3) is 0 Å². The summed E-state index contributed by atoms with van der Waals surface area (Å²) in [6.45, 7) is 0. The summed E-state index contributed by atoms with van der Waals surface area (Å²) in [4.78, 5) is 4.11. The van der Waals surface area contributed by atoms with Gasteiger partial charge in [-0.15, -0.1) is 0 Å². The molecule has 0 aliphatic rings. The molecule has 0 unspecified atom stereocenters. The van der Waals surface area contributed by atoms with Crippen LogP contribution in [0.5, 0.6) is 11.5 Å². The van der Waals surface area contributed by atoms with Crippen molar-refractivity contribution in [2.75, 3.05) is 14.2 Å². The summed E-state index contributed by atoms with van der Waals surface area (Å²) in [6, 6.07) is 10.9. The number of aliphatic hydroxyl groups is 1. The largest absolute Gasteiger partial charge is 0.497 e. The summed E-state index contributed by atoms with van der Waals surface area (Å²) < 4.78 is 10.4. The van der Waals surface area contributed by atoms with Crippen molar-refractivity contribution in [3.05, 3.63) is 59.9 Å². The van der Waals surface area contributed by atoms with Gasteiger partial charge >= 0.3 is 0 Å². The van der Waals surface area contributed by atoms with Crippen molar-refractivity contribution in [2.45, 2.75) is 6.10 Å². The number of benzene rings is 1. The molecule has 0 saturated heterocycles. The zero-order valence-corrected chi connectivity index (χ0v) is 11.5. The first-order chi connectivity index (χ1) is 9.74. The van der Waals surface area contributed by atoms with Gasteiger partial charge in [0, 0.05) is 17.8 Å². The topological polar surface area (TPSA) is 51.6 Å². The van der Waals surface area contributed by atoms with E-state index in [2.05, 4.69) is 4.98 Å². The van der Waals surface area contributed by atoms with Crippen LogP contribution in [0.1, 0.15) is 17.4 Å². The van der Waals surface area contributed by atoms with E-state index in [1.54, 1.807) is 44.7 Å². The van der Waals surface area contributed by atoms with Gasteiger partial charge in [0.15, 0.2) is 0 Å². The van der Waals surface area contributed by atoms with Crippen molar-refractivity contribution in [1.82, 2.24) is 4.98 Å². The van der Waals surface area contributed by atoms with Gasteiger partial charge in [-0.1, -0.05) is 12.1 Å². The molecule has 2 aromatic rings. The summed E-state index contributed by atoms with van der Waals surface area (Å²) in [5.41, 5.74) is 1.47. The molecule has 0 fully saturated rings. The second-order valence-electron chi connectivity index (χ2n) is 4.17. The van der Waals surface area contributed by atoms with E-state index in [1.807, 2.05) is 24.3 Å². The Labute approximate surface area is 118 Å². The Morgan fingerprint density at radius 1 is 1.15 bits per heavy atom. The number of pyridine rings is 1. The summed E-state index contributed by atoms with van der Waals surface area (Å²) in [7, 11) is 3.20. The fourth-order valence-corrected chi connectivity index (χ4v) is 1.80. The molecule has 0 aliphatic heterocycles. The monoisotopic (exact) mass is 271 g/mol. The maximum atomic E-state index is 10.0. The number of rotatable bonds is 5. The van der Waals surface area contributed by atoms with Crippen LogP contribution < -0.4 is 9.47 Å². The molecule has 4 heteroatoms. The standard InChI is InChI=1S/C16H17NO3/c1-19-13-8-6-12(16(11-13)20-2)7-9-15(18)14-5-3-4-10-17-14/h3-11,15,18H,1-2H3/b9-7+/t15-/m1/s1. The molecule has 1 aromatic carbocycles. The predicted molar refractivity (Wildman–Crippen MR) is 77.8 cm³/mol. The van der Waals surface area contributed by atoms with Crippen LogP contribution in [0.15, 0.2) is 48.7 Å². The lowest BCUT2D eigenvalue weighted by molar-refractivity contribution is 0.224. The van der Waals surface area contributed by atoms with E-state index >= 15 is 0 Å². The van der Waals surface area contributed by atoms with Crippen molar-refractivity contribution < 1.29 is 14.6 Å². The highest BCUT2D eigenvalue weighted by Gasteiger charge is 2.05. The van der Waals surface area contributed by atoms with Gasteiger partial charge < -0.3 is 14.6 Å². The lowest BCUT2D eigenvalue weighted by atomic mass is 10.1. The van der Waals surface area contributed by atoms with Crippen LogP contribution in [-0.2, 0) is 0 Å². The van der Waals surface area contributed by atoms with Crippen LogP contribution in [0.2, 0.25) is 0 Å². The third kappa shape index (κ3) is 3.36. The Morgan fingerprint density at radius 3 is 2.65 bits per heavy atom. The Hall–Kier alpha value is -2.33. The first-order valence-corrected chi connectivity index (χ1v) is 6.24. The lowest BCUT2D eigenvalue weighted by Gasteiger charge is -2.08. The Morgan fingerprint density at radius 2 is 2.00 bits per heavy atom. The highest BCUT2D eigenvalue weighted by Crippen LogP contribution is 2.26. The van der Waals surface area contributed by atoms with Crippen LogP contribution in [-0.4, -0.2) is 24.3 Å². The molecule has 1 N–H and O–H groups in total. The maximum Gasteiger partial charge on any atom is 0.129 e. The van der Waals surface area contributed by atoms with E-state index in [9.17, 15) is 5.11 Å². The van der Waals surface area contributed by atoms with Crippen LogP contribution >= 0.6 is 0 Å². The number of aliphatic hydroxyl groups excluding tert-OH is 1. The number of aromatic nitrogens is 1. The highest BCUT2D eigenvalue weighted by molar-refractivity contribution is 5.59. The van der Waals surface area contributed by atoms with E-state index < -0.39 is 6.10 Å². The Bertz CT molecular complexity index is 582.